The van der Waals surface area contributed by atoms with Gasteiger partial charge in [0.05, 0.1) is 0 Å². The zero-order chi connectivity index (χ0) is 13.1. The zero-order valence-electron chi connectivity index (χ0n) is 8.34. The number of benzene rings is 1. The second-order valence-electron chi connectivity index (χ2n) is 3.10. The van der Waals surface area contributed by atoms with Crippen LogP contribution in [0.4, 0.5) is 22.0 Å². The van der Waals surface area contributed by atoms with Crippen LogP contribution in [0.25, 0.3) is 0 Å². The molecule has 0 radical (unpaired) electrons. The largest absolute Gasteiger partial charge is 0.573 e. The maximum Gasteiger partial charge on any atom is 0.573 e. The van der Waals surface area contributed by atoms with Crippen LogP contribution in [0.3, 0.4) is 0 Å². The molecule has 0 aromatic heterocycles. The Hall–Kier alpha value is -1.41. The summed E-state index contributed by atoms with van der Waals surface area (Å²) in [7, 11) is 0. The number of hydrazine groups is 1. The molecule has 0 aliphatic heterocycles. The molecule has 0 spiro atoms. The zero-order valence-corrected chi connectivity index (χ0v) is 8.34. The summed E-state index contributed by atoms with van der Waals surface area (Å²) in [5.74, 6) is 4.32. The van der Waals surface area contributed by atoms with Gasteiger partial charge in [-0.2, -0.15) is 0 Å². The van der Waals surface area contributed by atoms with Crippen molar-refractivity contribution in [3.05, 3.63) is 29.8 Å². The van der Waals surface area contributed by atoms with Crippen LogP contribution in [0.15, 0.2) is 24.3 Å². The number of alkyl halides is 5. The lowest BCUT2D eigenvalue weighted by Gasteiger charge is -2.16. The number of ether oxygens (including phenoxy) is 1. The average Bonchev–Trinajstić information content (AvgIpc) is 2.15. The van der Waals surface area contributed by atoms with Crippen molar-refractivity contribution in [2.45, 2.75) is 18.8 Å². The SMILES string of the molecule is NNC(c1cccc(OC(F)(F)F)c1)C(F)F. The molecule has 8 heteroatoms. The highest BCUT2D eigenvalue weighted by molar-refractivity contribution is 5.31. The van der Waals surface area contributed by atoms with Crippen LogP contribution < -0.4 is 16.0 Å². The minimum absolute atomic E-state index is 0.0933. The Morgan fingerprint density at radius 1 is 1.24 bits per heavy atom. The summed E-state index contributed by atoms with van der Waals surface area (Å²) in [6, 6.07) is 2.70. The van der Waals surface area contributed by atoms with Crippen molar-refractivity contribution in [2.24, 2.45) is 5.84 Å². The maximum atomic E-state index is 12.4. The Morgan fingerprint density at radius 2 is 1.88 bits per heavy atom. The Morgan fingerprint density at radius 3 is 2.35 bits per heavy atom. The van der Waals surface area contributed by atoms with Crippen molar-refractivity contribution in [1.82, 2.24) is 5.43 Å². The Bertz CT molecular complexity index is 369. The number of halogens is 5. The summed E-state index contributed by atoms with van der Waals surface area (Å²) in [6.07, 6.45) is -7.71. The second kappa shape index (κ2) is 5.28. The fourth-order valence-corrected chi connectivity index (χ4v) is 1.22. The lowest BCUT2D eigenvalue weighted by molar-refractivity contribution is -0.274. The molecule has 1 atom stereocenters. The van der Waals surface area contributed by atoms with Crippen molar-refractivity contribution in [3.63, 3.8) is 0 Å². The molecule has 96 valence electrons. The quantitative estimate of drug-likeness (QED) is 0.494. The molecule has 0 aliphatic rings. The van der Waals surface area contributed by atoms with Crippen LogP contribution in [-0.4, -0.2) is 12.8 Å². The molecule has 0 heterocycles. The van der Waals surface area contributed by atoms with E-state index in [1.165, 1.54) is 12.1 Å². The first-order chi connectivity index (χ1) is 7.83. The van der Waals surface area contributed by atoms with E-state index < -0.39 is 24.6 Å². The predicted molar refractivity (Wildman–Crippen MR) is 49.2 cm³/mol. The molecular weight excluding hydrogens is 247 g/mol. The summed E-state index contributed by atoms with van der Waals surface area (Å²) in [5.41, 5.74) is 1.73. The van der Waals surface area contributed by atoms with Crippen LogP contribution in [-0.2, 0) is 0 Å². The van der Waals surface area contributed by atoms with Gasteiger partial charge in [0, 0.05) is 0 Å². The van der Waals surface area contributed by atoms with Gasteiger partial charge in [0.25, 0.3) is 6.43 Å². The van der Waals surface area contributed by atoms with Crippen LogP contribution in [0.5, 0.6) is 5.75 Å². The van der Waals surface area contributed by atoms with E-state index in [-0.39, 0.29) is 5.56 Å². The number of hydrogen-bond donors (Lipinski definition) is 2. The van der Waals surface area contributed by atoms with E-state index in [2.05, 4.69) is 4.74 Å². The van der Waals surface area contributed by atoms with Gasteiger partial charge >= 0.3 is 6.36 Å². The topological polar surface area (TPSA) is 47.3 Å². The minimum atomic E-state index is -4.87. The first-order valence-corrected chi connectivity index (χ1v) is 4.43. The smallest absolute Gasteiger partial charge is 0.406 e. The van der Waals surface area contributed by atoms with Crippen LogP contribution in [0.1, 0.15) is 11.6 Å². The van der Waals surface area contributed by atoms with Crippen LogP contribution >= 0.6 is 0 Å². The highest BCUT2D eigenvalue weighted by Gasteiger charge is 2.31. The molecule has 17 heavy (non-hydrogen) atoms. The second-order valence-corrected chi connectivity index (χ2v) is 3.10. The molecule has 1 unspecified atom stereocenters. The third kappa shape index (κ3) is 4.16. The van der Waals surface area contributed by atoms with Crippen LogP contribution in [0.2, 0.25) is 0 Å². The van der Waals surface area contributed by atoms with Gasteiger partial charge in [-0.1, -0.05) is 12.1 Å². The number of nitrogens with one attached hydrogen (secondary N) is 1. The lowest BCUT2D eigenvalue weighted by Crippen LogP contribution is -2.32. The van der Waals surface area contributed by atoms with Gasteiger partial charge in [-0.15, -0.1) is 13.2 Å². The highest BCUT2D eigenvalue weighted by atomic mass is 19.4. The van der Waals surface area contributed by atoms with Crippen molar-refractivity contribution in [2.75, 3.05) is 0 Å². The Kier molecular flexibility index (Phi) is 4.24. The fourth-order valence-electron chi connectivity index (χ4n) is 1.22. The maximum absolute atomic E-state index is 12.4. The summed E-state index contributed by atoms with van der Waals surface area (Å²) in [4.78, 5) is 0. The summed E-state index contributed by atoms with van der Waals surface area (Å²) in [6.45, 7) is 0. The van der Waals surface area contributed by atoms with Crippen molar-refractivity contribution >= 4 is 0 Å². The highest BCUT2D eigenvalue weighted by Crippen LogP contribution is 2.27. The number of hydrogen-bond acceptors (Lipinski definition) is 3. The van der Waals surface area contributed by atoms with E-state index in [1.54, 1.807) is 0 Å². The first kappa shape index (κ1) is 13.7. The Labute approximate surface area is 93.3 Å². The van der Waals surface area contributed by atoms with Crippen molar-refractivity contribution in [1.29, 1.82) is 0 Å². The number of nitrogens with two attached hydrogens (primary N) is 1. The molecule has 1 aromatic rings. The third-order valence-corrected chi connectivity index (χ3v) is 1.88. The molecule has 0 amide bonds. The van der Waals surface area contributed by atoms with E-state index in [1.807, 2.05) is 5.43 Å². The van der Waals surface area contributed by atoms with E-state index in [0.29, 0.717) is 0 Å². The van der Waals surface area contributed by atoms with Crippen LogP contribution in [0, 0.1) is 0 Å². The van der Waals surface area contributed by atoms with E-state index >= 15 is 0 Å². The molecular formula is C9H9F5N2O. The molecule has 0 saturated carbocycles. The van der Waals surface area contributed by atoms with Gasteiger partial charge in [-0.3, -0.25) is 5.84 Å². The first-order valence-electron chi connectivity index (χ1n) is 4.43. The standard InChI is InChI=1S/C9H9F5N2O/c10-8(11)7(16-15)5-2-1-3-6(4-5)17-9(12,13)14/h1-4,7-8,16H,15H2. The molecule has 0 bridgehead atoms. The monoisotopic (exact) mass is 256 g/mol. The van der Waals surface area contributed by atoms with E-state index in [9.17, 15) is 22.0 Å². The molecule has 3 nitrogen and oxygen atoms in total. The van der Waals surface area contributed by atoms with Gasteiger partial charge in [-0.05, 0) is 17.7 Å². The third-order valence-electron chi connectivity index (χ3n) is 1.88. The average molecular weight is 256 g/mol. The molecule has 0 fully saturated rings. The van der Waals surface area contributed by atoms with Gasteiger partial charge < -0.3 is 4.74 Å². The fraction of sp³-hybridized carbons (Fsp3) is 0.333. The summed E-state index contributed by atoms with van der Waals surface area (Å²) < 4.78 is 64.2. The molecule has 0 aliphatic carbocycles. The normalized spacial score (nSPS) is 13.8. The number of rotatable bonds is 4. The predicted octanol–water partition coefficient (Wildman–Crippen LogP) is 2.35. The van der Waals surface area contributed by atoms with E-state index in [4.69, 9.17) is 5.84 Å². The molecule has 0 saturated heterocycles. The van der Waals surface area contributed by atoms with Crippen molar-refractivity contribution in [3.8, 4) is 5.75 Å². The van der Waals surface area contributed by atoms with Gasteiger partial charge in [-0.25, -0.2) is 14.2 Å². The Balaban J connectivity index is 2.92. The van der Waals surface area contributed by atoms with Gasteiger partial charge in [0.1, 0.15) is 11.8 Å². The lowest BCUT2D eigenvalue weighted by atomic mass is 10.1. The van der Waals surface area contributed by atoms with E-state index in [0.717, 1.165) is 12.1 Å². The van der Waals surface area contributed by atoms with Gasteiger partial charge in [0.15, 0.2) is 0 Å². The summed E-state index contributed by atoms with van der Waals surface area (Å²) >= 11 is 0. The molecule has 1 rings (SSSR count). The van der Waals surface area contributed by atoms with Gasteiger partial charge in [0.2, 0.25) is 0 Å². The molecule has 1 aromatic carbocycles. The van der Waals surface area contributed by atoms with Crippen molar-refractivity contribution < 1.29 is 26.7 Å². The summed E-state index contributed by atoms with van der Waals surface area (Å²) in [5, 5.41) is 0. The minimum Gasteiger partial charge on any atom is -0.406 e. The molecule has 3 N–H and O–H groups in total.